The first-order valence-electron chi connectivity index (χ1n) is 8.16. The van der Waals surface area contributed by atoms with E-state index in [0.717, 1.165) is 12.5 Å². The second kappa shape index (κ2) is 5.63. The molecule has 7 nitrogen and oxygen atoms in total. The van der Waals surface area contributed by atoms with Crippen LogP contribution in [0, 0.1) is 5.92 Å². The third kappa shape index (κ3) is 3.24. The molecule has 1 aliphatic rings. The van der Waals surface area contributed by atoms with E-state index in [1.165, 1.54) is 12.8 Å². The molecule has 23 heavy (non-hydrogen) atoms. The summed E-state index contributed by atoms with van der Waals surface area (Å²) in [5.74, 6) is 1.26. The third-order valence-corrected chi connectivity index (χ3v) is 4.38. The number of aromatic nitrogens is 4. The first kappa shape index (κ1) is 16.0. The standard InChI is InChI=1S/C16H26N6O/c1-16(2,3)22-13-11(8-18-22)14(23)20-15(19-13)17-9-12(21(4)5)10-6-7-10/h8,10,12H,6-7,9H2,1-5H3,(H2,17,19,20,23). The molecule has 7 heteroatoms. The van der Waals surface area contributed by atoms with Gasteiger partial charge in [-0.3, -0.25) is 9.78 Å². The zero-order chi connectivity index (χ0) is 16.8. The number of hydrogen-bond acceptors (Lipinski definition) is 5. The Hall–Kier alpha value is -1.89. The quantitative estimate of drug-likeness (QED) is 0.876. The molecule has 2 N–H and O–H groups in total. The van der Waals surface area contributed by atoms with E-state index in [1.54, 1.807) is 10.9 Å². The Morgan fingerprint density at radius 1 is 1.43 bits per heavy atom. The molecule has 1 aliphatic carbocycles. The number of likely N-dealkylation sites (N-methyl/N-ethyl adjacent to an activating group) is 1. The third-order valence-electron chi connectivity index (χ3n) is 4.38. The Kier molecular flexibility index (Phi) is 3.91. The fraction of sp³-hybridized carbons (Fsp3) is 0.688. The summed E-state index contributed by atoms with van der Waals surface area (Å²) >= 11 is 0. The van der Waals surface area contributed by atoms with Gasteiger partial charge in [0.2, 0.25) is 5.95 Å². The van der Waals surface area contributed by atoms with E-state index in [2.05, 4.69) is 39.4 Å². The minimum absolute atomic E-state index is 0.152. The SMILES string of the molecule is CN(C)C(CNc1nc2c(cnn2C(C)(C)C)c(=O)[nH]1)C1CC1. The minimum Gasteiger partial charge on any atom is -0.354 e. The maximum absolute atomic E-state index is 12.3. The topological polar surface area (TPSA) is 78.8 Å². The number of nitrogens with zero attached hydrogens (tertiary/aromatic N) is 4. The lowest BCUT2D eigenvalue weighted by molar-refractivity contribution is 0.276. The molecule has 2 aromatic heterocycles. The van der Waals surface area contributed by atoms with Crippen molar-refractivity contribution in [3.8, 4) is 0 Å². The van der Waals surface area contributed by atoms with Gasteiger partial charge in [-0.05, 0) is 53.6 Å². The molecule has 2 aromatic rings. The summed E-state index contributed by atoms with van der Waals surface area (Å²) in [7, 11) is 4.19. The van der Waals surface area contributed by atoms with Crippen molar-refractivity contribution < 1.29 is 0 Å². The first-order valence-corrected chi connectivity index (χ1v) is 8.16. The summed E-state index contributed by atoms with van der Waals surface area (Å²) in [5.41, 5.74) is 0.248. The fourth-order valence-electron chi connectivity index (χ4n) is 2.95. The highest BCUT2D eigenvalue weighted by Gasteiger charge is 2.32. The van der Waals surface area contributed by atoms with Crippen LogP contribution in [0.2, 0.25) is 0 Å². The van der Waals surface area contributed by atoms with Gasteiger partial charge in [0.25, 0.3) is 5.56 Å². The monoisotopic (exact) mass is 318 g/mol. The summed E-state index contributed by atoms with van der Waals surface area (Å²) in [6.07, 6.45) is 4.15. The van der Waals surface area contributed by atoms with Gasteiger partial charge in [-0.2, -0.15) is 10.1 Å². The zero-order valence-corrected chi connectivity index (χ0v) is 14.6. The molecule has 0 bridgehead atoms. The fourth-order valence-corrected chi connectivity index (χ4v) is 2.95. The van der Waals surface area contributed by atoms with Gasteiger partial charge in [-0.1, -0.05) is 0 Å². The van der Waals surface area contributed by atoms with Crippen LogP contribution in [-0.4, -0.2) is 51.3 Å². The molecule has 0 aromatic carbocycles. The molecule has 1 fully saturated rings. The first-order chi connectivity index (χ1) is 10.8. The van der Waals surface area contributed by atoms with E-state index < -0.39 is 0 Å². The predicted molar refractivity (Wildman–Crippen MR) is 91.8 cm³/mol. The average molecular weight is 318 g/mol. The summed E-state index contributed by atoms with van der Waals surface area (Å²) in [4.78, 5) is 21.9. The second-order valence-electron chi connectivity index (χ2n) is 7.63. The highest BCUT2D eigenvalue weighted by molar-refractivity contribution is 5.74. The number of H-pyrrole nitrogens is 1. The largest absolute Gasteiger partial charge is 0.354 e. The molecule has 1 unspecified atom stereocenters. The van der Waals surface area contributed by atoms with Gasteiger partial charge in [0.15, 0.2) is 5.65 Å². The van der Waals surface area contributed by atoms with Crippen LogP contribution in [0.25, 0.3) is 11.0 Å². The molecule has 1 saturated carbocycles. The van der Waals surface area contributed by atoms with Gasteiger partial charge in [0, 0.05) is 12.6 Å². The van der Waals surface area contributed by atoms with Crippen molar-refractivity contribution in [2.75, 3.05) is 26.0 Å². The number of hydrogen-bond donors (Lipinski definition) is 2. The van der Waals surface area contributed by atoms with Gasteiger partial charge in [-0.25, -0.2) is 4.68 Å². The lowest BCUT2D eigenvalue weighted by Gasteiger charge is -2.24. The van der Waals surface area contributed by atoms with Crippen LogP contribution in [0.4, 0.5) is 5.95 Å². The Bertz CT molecular complexity index is 748. The van der Waals surface area contributed by atoms with E-state index >= 15 is 0 Å². The number of aromatic amines is 1. The van der Waals surface area contributed by atoms with E-state index in [9.17, 15) is 4.79 Å². The summed E-state index contributed by atoms with van der Waals surface area (Å²) in [6.45, 7) is 6.91. The smallest absolute Gasteiger partial charge is 0.263 e. The normalized spacial score (nSPS) is 17.0. The molecule has 0 radical (unpaired) electrons. The Balaban J connectivity index is 1.88. The van der Waals surface area contributed by atoms with E-state index in [-0.39, 0.29) is 11.1 Å². The minimum atomic E-state index is -0.222. The van der Waals surface area contributed by atoms with Crippen LogP contribution in [0.1, 0.15) is 33.6 Å². The van der Waals surface area contributed by atoms with Crippen molar-refractivity contribution in [1.29, 1.82) is 0 Å². The van der Waals surface area contributed by atoms with Crippen molar-refractivity contribution in [3.63, 3.8) is 0 Å². The lowest BCUT2D eigenvalue weighted by atomic mass is 10.1. The number of anilines is 1. The van der Waals surface area contributed by atoms with Crippen LogP contribution in [0.3, 0.4) is 0 Å². The average Bonchev–Trinajstić information content (AvgIpc) is 3.15. The molecule has 0 spiro atoms. The molecule has 0 aliphatic heterocycles. The molecule has 3 rings (SSSR count). The van der Waals surface area contributed by atoms with Gasteiger partial charge in [-0.15, -0.1) is 0 Å². The van der Waals surface area contributed by atoms with Crippen molar-refractivity contribution in [2.45, 2.75) is 45.2 Å². The Morgan fingerprint density at radius 3 is 2.70 bits per heavy atom. The summed E-state index contributed by atoms with van der Waals surface area (Å²) in [5, 5.41) is 8.15. The van der Waals surface area contributed by atoms with Crippen molar-refractivity contribution in [2.24, 2.45) is 5.92 Å². The lowest BCUT2D eigenvalue weighted by Crippen LogP contribution is -2.36. The summed E-state index contributed by atoms with van der Waals surface area (Å²) in [6, 6.07) is 0.462. The zero-order valence-electron chi connectivity index (χ0n) is 14.6. The van der Waals surface area contributed by atoms with E-state index in [4.69, 9.17) is 0 Å². The van der Waals surface area contributed by atoms with Gasteiger partial charge < -0.3 is 10.2 Å². The van der Waals surface area contributed by atoms with Crippen LogP contribution in [0.15, 0.2) is 11.0 Å². The number of nitrogens with one attached hydrogen (secondary N) is 2. The van der Waals surface area contributed by atoms with Crippen molar-refractivity contribution in [1.82, 2.24) is 24.6 Å². The molecule has 1 atom stereocenters. The van der Waals surface area contributed by atoms with Crippen LogP contribution in [-0.2, 0) is 5.54 Å². The van der Waals surface area contributed by atoms with Gasteiger partial charge in [0.05, 0.1) is 11.7 Å². The van der Waals surface area contributed by atoms with Crippen LogP contribution in [0.5, 0.6) is 0 Å². The highest BCUT2D eigenvalue weighted by atomic mass is 16.1. The number of rotatable bonds is 5. The maximum Gasteiger partial charge on any atom is 0.263 e. The van der Waals surface area contributed by atoms with Crippen molar-refractivity contribution >= 4 is 17.0 Å². The van der Waals surface area contributed by atoms with Crippen molar-refractivity contribution in [3.05, 3.63) is 16.6 Å². The molecule has 126 valence electrons. The molecular formula is C16H26N6O. The predicted octanol–water partition coefficient (Wildman–Crippen LogP) is 1.63. The van der Waals surface area contributed by atoms with Gasteiger partial charge in [0.1, 0.15) is 5.39 Å². The van der Waals surface area contributed by atoms with E-state index in [0.29, 0.717) is 23.0 Å². The maximum atomic E-state index is 12.3. The molecule has 0 saturated heterocycles. The second-order valence-corrected chi connectivity index (χ2v) is 7.63. The molecule has 2 heterocycles. The summed E-state index contributed by atoms with van der Waals surface area (Å²) < 4.78 is 1.80. The highest BCUT2D eigenvalue weighted by Crippen LogP contribution is 2.34. The number of fused-ring (bicyclic) bond motifs is 1. The van der Waals surface area contributed by atoms with Crippen LogP contribution < -0.4 is 10.9 Å². The Labute approximate surface area is 136 Å². The Morgan fingerprint density at radius 2 is 2.13 bits per heavy atom. The molecule has 0 amide bonds. The van der Waals surface area contributed by atoms with Crippen LogP contribution >= 0.6 is 0 Å². The van der Waals surface area contributed by atoms with Gasteiger partial charge >= 0.3 is 0 Å². The van der Waals surface area contributed by atoms with E-state index in [1.807, 2.05) is 20.8 Å². The molecular weight excluding hydrogens is 292 g/mol.